The first-order chi connectivity index (χ1) is 7.33. The summed E-state index contributed by atoms with van der Waals surface area (Å²) in [4.78, 5) is 0. The molecule has 0 saturated heterocycles. The number of halogens is 4. The first-order valence-electron chi connectivity index (χ1n) is 4.78. The summed E-state index contributed by atoms with van der Waals surface area (Å²) in [5.41, 5.74) is 0.752. The molecule has 0 atom stereocenters. The zero-order chi connectivity index (χ0) is 12.3. The van der Waals surface area contributed by atoms with Crippen molar-refractivity contribution in [3.8, 4) is 5.75 Å². The van der Waals surface area contributed by atoms with Crippen LogP contribution in [0, 0.1) is 0 Å². The molecule has 0 aliphatic carbocycles. The molecule has 0 N–H and O–H groups in total. The van der Waals surface area contributed by atoms with Gasteiger partial charge in [-0.3, -0.25) is 0 Å². The standard InChI is InChI=1S/C11H12F4O/c1-7(2)8-4-3-5-9(6-8)16-11(14,15)10(12)13/h3-7,10H,1-2H3. The summed E-state index contributed by atoms with van der Waals surface area (Å²) in [7, 11) is 0. The van der Waals surface area contributed by atoms with Crippen LogP contribution in [-0.2, 0) is 0 Å². The van der Waals surface area contributed by atoms with Crippen molar-refractivity contribution in [2.75, 3.05) is 0 Å². The summed E-state index contributed by atoms with van der Waals surface area (Å²) in [6, 6.07) is 5.77. The van der Waals surface area contributed by atoms with Crippen LogP contribution in [0.4, 0.5) is 17.6 Å². The van der Waals surface area contributed by atoms with Gasteiger partial charge in [0, 0.05) is 0 Å². The molecule has 0 bridgehead atoms. The summed E-state index contributed by atoms with van der Waals surface area (Å²) in [5.74, 6) is -0.139. The van der Waals surface area contributed by atoms with E-state index in [1.165, 1.54) is 18.2 Å². The third kappa shape index (κ3) is 3.12. The third-order valence-corrected chi connectivity index (χ3v) is 2.03. The highest BCUT2D eigenvalue weighted by Crippen LogP contribution is 2.29. The smallest absolute Gasteiger partial charge is 0.428 e. The van der Waals surface area contributed by atoms with Crippen molar-refractivity contribution in [1.29, 1.82) is 0 Å². The normalized spacial score (nSPS) is 12.2. The Morgan fingerprint density at radius 2 is 1.81 bits per heavy atom. The van der Waals surface area contributed by atoms with E-state index in [0.29, 0.717) is 0 Å². The van der Waals surface area contributed by atoms with Crippen LogP contribution in [0.1, 0.15) is 25.3 Å². The molecule has 0 radical (unpaired) electrons. The van der Waals surface area contributed by atoms with Crippen molar-refractivity contribution in [3.05, 3.63) is 29.8 Å². The molecule has 1 nitrogen and oxygen atoms in total. The highest BCUT2D eigenvalue weighted by Gasteiger charge is 2.43. The molecular weight excluding hydrogens is 224 g/mol. The average Bonchev–Trinajstić information content (AvgIpc) is 2.17. The van der Waals surface area contributed by atoms with E-state index in [1.54, 1.807) is 6.07 Å². The zero-order valence-corrected chi connectivity index (χ0v) is 8.88. The van der Waals surface area contributed by atoms with Crippen LogP contribution in [-0.4, -0.2) is 12.5 Å². The lowest BCUT2D eigenvalue weighted by molar-refractivity contribution is -0.253. The average molecular weight is 236 g/mol. The Hall–Kier alpha value is -1.26. The Morgan fingerprint density at radius 3 is 2.31 bits per heavy atom. The van der Waals surface area contributed by atoms with Gasteiger partial charge in [0.05, 0.1) is 0 Å². The molecule has 1 rings (SSSR count). The minimum Gasteiger partial charge on any atom is -0.428 e. The molecule has 0 spiro atoms. The molecule has 1 aromatic rings. The van der Waals surface area contributed by atoms with Gasteiger partial charge in [-0.05, 0) is 23.6 Å². The lowest BCUT2D eigenvalue weighted by Crippen LogP contribution is -2.33. The highest BCUT2D eigenvalue weighted by molar-refractivity contribution is 5.30. The molecule has 0 aliphatic heterocycles. The molecule has 90 valence electrons. The first kappa shape index (κ1) is 12.8. The second-order valence-corrected chi connectivity index (χ2v) is 3.69. The van der Waals surface area contributed by atoms with Gasteiger partial charge in [-0.25, -0.2) is 0 Å². The Kier molecular flexibility index (Phi) is 3.78. The van der Waals surface area contributed by atoms with Crippen molar-refractivity contribution in [2.24, 2.45) is 0 Å². The van der Waals surface area contributed by atoms with Crippen molar-refractivity contribution in [3.63, 3.8) is 0 Å². The van der Waals surface area contributed by atoms with E-state index in [1.807, 2.05) is 13.8 Å². The Bertz CT molecular complexity index is 350. The Balaban J connectivity index is 2.86. The van der Waals surface area contributed by atoms with E-state index in [2.05, 4.69) is 4.74 Å². The lowest BCUT2D eigenvalue weighted by Gasteiger charge is -2.17. The second kappa shape index (κ2) is 4.72. The Labute approximate surface area is 91.0 Å². The van der Waals surface area contributed by atoms with Crippen LogP contribution in [0.3, 0.4) is 0 Å². The molecule has 5 heteroatoms. The monoisotopic (exact) mass is 236 g/mol. The molecule has 0 aromatic heterocycles. The fourth-order valence-electron chi connectivity index (χ4n) is 1.14. The number of hydrogen-bond acceptors (Lipinski definition) is 1. The maximum atomic E-state index is 12.6. The fourth-order valence-corrected chi connectivity index (χ4v) is 1.14. The molecule has 0 fully saturated rings. The molecular formula is C11H12F4O. The van der Waals surface area contributed by atoms with Crippen LogP contribution in [0.5, 0.6) is 5.75 Å². The van der Waals surface area contributed by atoms with Gasteiger partial charge in [0.2, 0.25) is 0 Å². The van der Waals surface area contributed by atoms with E-state index in [4.69, 9.17) is 0 Å². The third-order valence-electron chi connectivity index (χ3n) is 2.03. The topological polar surface area (TPSA) is 9.23 Å². The molecule has 0 saturated carbocycles. The van der Waals surface area contributed by atoms with E-state index in [9.17, 15) is 17.6 Å². The lowest BCUT2D eigenvalue weighted by atomic mass is 10.0. The summed E-state index contributed by atoms with van der Waals surface area (Å²) in [6.45, 7) is 3.73. The summed E-state index contributed by atoms with van der Waals surface area (Å²) >= 11 is 0. The van der Waals surface area contributed by atoms with Gasteiger partial charge in [0.1, 0.15) is 5.75 Å². The zero-order valence-electron chi connectivity index (χ0n) is 8.88. The van der Waals surface area contributed by atoms with Gasteiger partial charge in [0.15, 0.2) is 0 Å². The second-order valence-electron chi connectivity index (χ2n) is 3.69. The molecule has 0 unspecified atom stereocenters. The minimum absolute atomic E-state index is 0.115. The number of rotatable bonds is 4. The fraction of sp³-hybridized carbons (Fsp3) is 0.455. The molecule has 16 heavy (non-hydrogen) atoms. The van der Waals surface area contributed by atoms with Crippen molar-refractivity contribution >= 4 is 0 Å². The SMILES string of the molecule is CC(C)c1cccc(OC(F)(F)C(F)F)c1. The van der Waals surface area contributed by atoms with Crippen LogP contribution in [0.25, 0.3) is 0 Å². The van der Waals surface area contributed by atoms with Gasteiger partial charge in [-0.1, -0.05) is 26.0 Å². The first-order valence-corrected chi connectivity index (χ1v) is 4.78. The summed E-state index contributed by atoms with van der Waals surface area (Å²) < 4.78 is 52.9. The van der Waals surface area contributed by atoms with Crippen LogP contribution in [0.15, 0.2) is 24.3 Å². The van der Waals surface area contributed by atoms with E-state index in [-0.39, 0.29) is 11.7 Å². The van der Waals surface area contributed by atoms with Gasteiger partial charge in [-0.15, -0.1) is 0 Å². The number of ether oxygens (including phenoxy) is 1. The van der Waals surface area contributed by atoms with E-state index < -0.39 is 12.5 Å². The number of alkyl halides is 4. The molecule has 0 amide bonds. The molecule has 1 aromatic carbocycles. The van der Waals surface area contributed by atoms with E-state index >= 15 is 0 Å². The van der Waals surface area contributed by atoms with E-state index in [0.717, 1.165) is 5.56 Å². The van der Waals surface area contributed by atoms with Crippen LogP contribution in [0.2, 0.25) is 0 Å². The minimum atomic E-state index is -4.45. The van der Waals surface area contributed by atoms with Gasteiger partial charge in [0.25, 0.3) is 0 Å². The van der Waals surface area contributed by atoms with Gasteiger partial charge < -0.3 is 4.74 Å². The summed E-state index contributed by atoms with van der Waals surface area (Å²) in [5, 5.41) is 0. The molecule has 0 aliphatic rings. The van der Waals surface area contributed by atoms with Gasteiger partial charge in [-0.2, -0.15) is 17.6 Å². The number of hydrogen-bond donors (Lipinski definition) is 0. The van der Waals surface area contributed by atoms with Crippen LogP contribution < -0.4 is 4.74 Å². The van der Waals surface area contributed by atoms with Crippen molar-refractivity contribution in [2.45, 2.75) is 32.3 Å². The maximum absolute atomic E-state index is 12.6. The predicted octanol–water partition coefficient (Wildman–Crippen LogP) is 4.05. The quantitative estimate of drug-likeness (QED) is 0.716. The Morgan fingerprint density at radius 1 is 1.19 bits per heavy atom. The van der Waals surface area contributed by atoms with Crippen molar-refractivity contribution in [1.82, 2.24) is 0 Å². The highest BCUT2D eigenvalue weighted by atomic mass is 19.3. The maximum Gasteiger partial charge on any atom is 0.461 e. The van der Waals surface area contributed by atoms with Crippen molar-refractivity contribution < 1.29 is 22.3 Å². The summed E-state index contributed by atoms with van der Waals surface area (Å²) in [6.07, 6.45) is -8.29. The largest absolute Gasteiger partial charge is 0.461 e. The number of benzene rings is 1. The van der Waals surface area contributed by atoms with Gasteiger partial charge >= 0.3 is 12.5 Å². The predicted molar refractivity (Wildman–Crippen MR) is 52.1 cm³/mol. The van der Waals surface area contributed by atoms with Crippen LogP contribution >= 0.6 is 0 Å². The molecule has 0 heterocycles.